The molecule has 20 heavy (non-hydrogen) atoms. The number of esters is 1. The summed E-state index contributed by atoms with van der Waals surface area (Å²) in [5, 5.41) is 2.50. The van der Waals surface area contributed by atoms with Gasteiger partial charge in [0.15, 0.2) is 0 Å². The number of amides is 1. The summed E-state index contributed by atoms with van der Waals surface area (Å²) >= 11 is 0. The molecule has 0 aliphatic heterocycles. The van der Waals surface area contributed by atoms with E-state index >= 15 is 0 Å². The van der Waals surface area contributed by atoms with Crippen molar-refractivity contribution in [2.75, 3.05) is 20.3 Å². The van der Waals surface area contributed by atoms with Gasteiger partial charge >= 0.3 is 5.97 Å². The molecule has 5 heteroatoms. The minimum absolute atomic E-state index is 0.125. The van der Waals surface area contributed by atoms with Crippen molar-refractivity contribution >= 4 is 18.0 Å². The Morgan fingerprint density at radius 1 is 1.25 bits per heavy atom. The van der Waals surface area contributed by atoms with E-state index in [-0.39, 0.29) is 12.5 Å². The molecular weight excluding hydrogens is 258 g/mol. The molecule has 0 heterocycles. The quantitative estimate of drug-likeness (QED) is 0.636. The van der Waals surface area contributed by atoms with Gasteiger partial charge in [-0.05, 0) is 37.6 Å². The Kier molecular flexibility index (Phi) is 6.29. The van der Waals surface area contributed by atoms with Crippen LogP contribution in [0.1, 0.15) is 19.4 Å². The van der Waals surface area contributed by atoms with Crippen LogP contribution in [0.5, 0.6) is 5.75 Å². The fourth-order valence-corrected chi connectivity index (χ4v) is 1.52. The van der Waals surface area contributed by atoms with Crippen LogP contribution in [0.3, 0.4) is 0 Å². The van der Waals surface area contributed by atoms with Gasteiger partial charge in [-0.3, -0.25) is 9.59 Å². The van der Waals surface area contributed by atoms with E-state index < -0.39 is 5.97 Å². The Hall–Kier alpha value is -2.30. The molecule has 0 atom stereocenters. The van der Waals surface area contributed by atoms with Crippen molar-refractivity contribution in [3.05, 3.63) is 35.4 Å². The highest BCUT2D eigenvalue weighted by atomic mass is 16.5. The molecule has 0 bridgehead atoms. The number of hydrogen-bond donors (Lipinski definition) is 1. The summed E-state index contributed by atoms with van der Waals surface area (Å²) in [6.45, 7) is 3.58. The van der Waals surface area contributed by atoms with Crippen LogP contribution in [0.15, 0.2) is 29.8 Å². The summed E-state index contributed by atoms with van der Waals surface area (Å²) in [5.74, 6) is 0.0125. The second-order valence-electron chi connectivity index (χ2n) is 4.09. The lowest BCUT2D eigenvalue weighted by molar-refractivity contribution is -0.143. The lowest BCUT2D eigenvalue weighted by Crippen LogP contribution is -2.31. The van der Waals surface area contributed by atoms with Crippen molar-refractivity contribution in [2.24, 2.45) is 0 Å². The summed E-state index contributed by atoms with van der Waals surface area (Å²) < 4.78 is 9.79. The summed E-state index contributed by atoms with van der Waals surface area (Å²) in [6.07, 6.45) is 1.74. The molecule has 0 saturated heterocycles. The van der Waals surface area contributed by atoms with Crippen LogP contribution in [-0.2, 0) is 14.3 Å². The first-order valence-corrected chi connectivity index (χ1v) is 6.33. The van der Waals surface area contributed by atoms with Crippen molar-refractivity contribution < 1.29 is 19.1 Å². The second-order valence-corrected chi connectivity index (χ2v) is 4.09. The predicted octanol–water partition coefficient (Wildman–Crippen LogP) is 1.78. The summed E-state index contributed by atoms with van der Waals surface area (Å²) in [5.41, 5.74) is 1.40. The molecule has 0 spiro atoms. The van der Waals surface area contributed by atoms with Gasteiger partial charge in [-0.1, -0.05) is 12.1 Å². The van der Waals surface area contributed by atoms with Gasteiger partial charge in [0.2, 0.25) is 5.91 Å². The molecule has 0 aliphatic rings. The number of carbonyl (C=O) groups excluding carboxylic acids is 2. The van der Waals surface area contributed by atoms with Crippen LogP contribution in [-0.4, -0.2) is 32.1 Å². The highest BCUT2D eigenvalue weighted by Gasteiger charge is 2.07. The maximum absolute atomic E-state index is 11.8. The van der Waals surface area contributed by atoms with E-state index in [0.717, 1.165) is 11.3 Å². The predicted molar refractivity (Wildman–Crippen MR) is 76.3 cm³/mol. The molecule has 1 rings (SSSR count). The fraction of sp³-hybridized carbons (Fsp3) is 0.333. The van der Waals surface area contributed by atoms with Crippen LogP contribution >= 0.6 is 0 Å². The summed E-state index contributed by atoms with van der Waals surface area (Å²) in [4.78, 5) is 22.9. The van der Waals surface area contributed by atoms with E-state index in [1.807, 2.05) is 24.3 Å². The molecule has 0 aliphatic carbocycles. The van der Waals surface area contributed by atoms with Crippen molar-refractivity contribution in [3.63, 3.8) is 0 Å². The molecule has 1 aromatic rings. The monoisotopic (exact) mass is 277 g/mol. The fourth-order valence-electron chi connectivity index (χ4n) is 1.52. The maximum Gasteiger partial charge on any atom is 0.325 e. The molecule has 0 aromatic heterocycles. The SMILES string of the molecule is CCOC(=O)CNC(=O)/C(C)=C/c1ccc(OC)cc1. The largest absolute Gasteiger partial charge is 0.497 e. The van der Waals surface area contributed by atoms with Gasteiger partial charge < -0.3 is 14.8 Å². The third kappa shape index (κ3) is 5.14. The van der Waals surface area contributed by atoms with Crippen LogP contribution in [0, 0.1) is 0 Å². The van der Waals surface area contributed by atoms with E-state index in [1.165, 1.54) is 0 Å². The highest BCUT2D eigenvalue weighted by Crippen LogP contribution is 2.13. The third-order valence-corrected chi connectivity index (χ3v) is 2.56. The molecule has 1 amide bonds. The smallest absolute Gasteiger partial charge is 0.325 e. The molecule has 5 nitrogen and oxygen atoms in total. The van der Waals surface area contributed by atoms with Gasteiger partial charge in [-0.25, -0.2) is 0 Å². The van der Waals surface area contributed by atoms with Gasteiger partial charge in [0, 0.05) is 5.57 Å². The first kappa shape index (κ1) is 15.8. The number of ether oxygens (including phenoxy) is 2. The topological polar surface area (TPSA) is 64.6 Å². The van der Waals surface area contributed by atoms with E-state index in [4.69, 9.17) is 9.47 Å². The number of hydrogen-bond acceptors (Lipinski definition) is 4. The van der Waals surface area contributed by atoms with E-state index in [0.29, 0.717) is 12.2 Å². The normalized spacial score (nSPS) is 10.8. The molecule has 1 aromatic carbocycles. The zero-order valence-electron chi connectivity index (χ0n) is 11.9. The van der Waals surface area contributed by atoms with Crippen molar-refractivity contribution in [1.29, 1.82) is 0 Å². The van der Waals surface area contributed by atoms with E-state index in [1.54, 1.807) is 27.0 Å². The third-order valence-electron chi connectivity index (χ3n) is 2.56. The lowest BCUT2D eigenvalue weighted by Gasteiger charge is -2.05. The molecule has 108 valence electrons. The van der Waals surface area contributed by atoms with Crippen LogP contribution < -0.4 is 10.1 Å². The van der Waals surface area contributed by atoms with Crippen molar-refractivity contribution in [1.82, 2.24) is 5.32 Å². The number of nitrogens with one attached hydrogen (secondary N) is 1. The number of carbonyl (C=O) groups is 2. The minimum atomic E-state index is -0.446. The lowest BCUT2D eigenvalue weighted by atomic mass is 10.1. The molecular formula is C15H19NO4. The Morgan fingerprint density at radius 3 is 2.45 bits per heavy atom. The summed E-state index contributed by atoms with van der Waals surface area (Å²) in [6, 6.07) is 7.33. The Labute approximate surface area is 118 Å². The Bertz CT molecular complexity index is 491. The standard InChI is InChI=1S/C15H19NO4/c1-4-20-14(17)10-16-15(18)11(2)9-12-5-7-13(19-3)8-6-12/h5-9H,4,10H2,1-3H3,(H,16,18)/b11-9+. The van der Waals surface area contributed by atoms with Gasteiger partial charge in [-0.2, -0.15) is 0 Å². The molecule has 0 radical (unpaired) electrons. The highest BCUT2D eigenvalue weighted by molar-refractivity contribution is 5.98. The van der Waals surface area contributed by atoms with Crippen molar-refractivity contribution in [2.45, 2.75) is 13.8 Å². The molecule has 0 fully saturated rings. The van der Waals surface area contributed by atoms with Gasteiger partial charge in [0.1, 0.15) is 12.3 Å². The summed E-state index contributed by atoms with van der Waals surface area (Å²) in [7, 11) is 1.60. The zero-order chi connectivity index (χ0) is 15.0. The van der Waals surface area contributed by atoms with Gasteiger partial charge in [-0.15, -0.1) is 0 Å². The minimum Gasteiger partial charge on any atom is -0.497 e. The van der Waals surface area contributed by atoms with Crippen LogP contribution in [0.4, 0.5) is 0 Å². The second kappa shape index (κ2) is 7.99. The van der Waals surface area contributed by atoms with Crippen LogP contribution in [0.2, 0.25) is 0 Å². The van der Waals surface area contributed by atoms with Crippen LogP contribution in [0.25, 0.3) is 6.08 Å². The van der Waals surface area contributed by atoms with Gasteiger partial charge in [0.25, 0.3) is 0 Å². The number of methoxy groups -OCH3 is 1. The number of rotatable bonds is 6. The first-order chi connectivity index (χ1) is 9.56. The zero-order valence-corrected chi connectivity index (χ0v) is 11.9. The molecule has 1 N–H and O–H groups in total. The van der Waals surface area contributed by atoms with E-state index in [2.05, 4.69) is 5.32 Å². The number of benzene rings is 1. The van der Waals surface area contributed by atoms with Gasteiger partial charge in [0.05, 0.1) is 13.7 Å². The first-order valence-electron chi connectivity index (χ1n) is 6.33. The average Bonchev–Trinajstić information content (AvgIpc) is 2.45. The van der Waals surface area contributed by atoms with Crippen molar-refractivity contribution in [3.8, 4) is 5.75 Å². The molecule has 0 saturated carbocycles. The average molecular weight is 277 g/mol. The van der Waals surface area contributed by atoms with E-state index in [9.17, 15) is 9.59 Å². The Balaban J connectivity index is 2.58. The maximum atomic E-state index is 11.8. The Morgan fingerprint density at radius 2 is 1.90 bits per heavy atom. The molecule has 0 unspecified atom stereocenters.